The normalized spacial score (nSPS) is 16.2. The monoisotopic (exact) mass is 357 g/mol. The van der Waals surface area contributed by atoms with E-state index in [1.165, 1.54) is 11.1 Å². The molecule has 138 valence electrons. The number of aliphatic hydroxyl groups excluding tert-OH is 1. The topological polar surface area (TPSA) is 23.5 Å². The molecule has 0 spiro atoms. The van der Waals surface area contributed by atoms with Crippen molar-refractivity contribution in [2.45, 2.75) is 32.0 Å². The fraction of sp³-hybridized carbons (Fsp3) is 0.280. The van der Waals surface area contributed by atoms with Gasteiger partial charge in [-0.05, 0) is 29.5 Å². The van der Waals surface area contributed by atoms with E-state index < -0.39 is 6.10 Å². The second kappa shape index (κ2) is 8.08. The van der Waals surface area contributed by atoms with Crippen LogP contribution in [0.15, 0.2) is 91.0 Å². The van der Waals surface area contributed by atoms with Crippen molar-refractivity contribution in [2.24, 2.45) is 5.41 Å². The van der Waals surface area contributed by atoms with E-state index in [9.17, 15) is 5.11 Å². The Kier molecular flexibility index (Phi) is 5.38. The molecule has 1 unspecified atom stereocenters. The van der Waals surface area contributed by atoms with Gasteiger partial charge in [0.15, 0.2) is 0 Å². The van der Waals surface area contributed by atoms with Gasteiger partial charge in [-0.15, -0.1) is 0 Å². The highest BCUT2D eigenvalue weighted by atomic mass is 16.3. The fourth-order valence-corrected chi connectivity index (χ4v) is 3.96. The molecule has 0 aromatic heterocycles. The van der Waals surface area contributed by atoms with Gasteiger partial charge in [-0.25, -0.2) is 0 Å². The number of hydrogen-bond donors (Lipinski definition) is 1. The zero-order valence-corrected chi connectivity index (χ0v) is 15.7. The molecule has 1 atom stereocenters. The Morgan fingerprint density at radius 1 is 0.704 bits per heavy atom. The van der Waals surface area contributed by atoms with E-state index in [0.29, 0.717) is 0 Å². The van der Waals surface area contributed by atoms with Crippen molar-refractivity contribution in [1.29, 1.82) is 0 Å². The molecule has 1 N–H and O–H groups in total. The zero-order chi connectivity index (χ0) is 18.5. The highest BCUT2D eigenvalue weighted by Gasteiger charge is 2.50. The number of rotatable bonds is 8. The van der Waals surface area contributed by atoms with E-state index in [4.69, 9.17) is 0 Å². The highest BCUT2D eigenvalue weighted by Crippen LogP contribution is 2.55. The first-order chi connectivity index (χ1) is 13.3. The van der Waals surface area contributed by atoms with Crippen LogP contribution in [0.25, 0.3) is 0 Å². The minimum absolute atomic E-state index is 0.0229. The molecular weight excluding hydrogens is 330 g/mol. The van der Waals surface area contributed by atoms with Crippen LogP contribution >= 0.6 is 0 Å². The second-order valence-electron chi connectivity index (χ2n) is 7.79. The van der Waals surface area contributed by atoms with Crippen LogP contribution in [-0.2, 0) is 13.1 Å². The van der Waals surface area contributed by atoms with Gasteiger partial charge in [-0.1, -0.05) is 91.0 Å². The molecule has 2 heteroatoms. The van der Waals surface area contributed by atoms with Gasteiger partial charge in [-0.3, -0.25) is 4.90 Å². The van der Waals surface area contributed by atoms with Crippen LogP contribution in [0.5, 0.6) is 0 Å². The van der Waals surface area contributed by atoms with Gasteiger partial charge >= 0.3 is 0 Å². The summed E-state index contributed by atoms with van der Waals surface area (Å²) in [6.07, 6.45) is 1.78. The quantitative estimate of drug-likeness (QED) is 0.599. The van der Waals surface area contributed by atoms with Crippen molar-refractivity contribution in [1.82, 2.24) is 4.90 Å². The molecular formula is C25H27NO. The van der Waals surface area contributed by atoms with Crippen molar-refractivity contribution in [3.8, 4) is 0 Å². The maximum atomic E-state index is 11.1. The SMILES string of the molecule is OC(c1ccccc1)C1(CN(Cc2ccccc2)Cc2ccccc2)CC1. The summed E-state index contributed by atoms with van der Waals surface area (Å²) >= 11 is 0. The van der Waals surface area contributed by atoms with Gasteiger partial charge in [0.1, 0.15) is 0 Å². The third-order valence-corrected chi connectivity index (χ3v) is 5.62. The van der Waals surface area contributed by atoms with Gasteiger partial charge < -0.3 is 5.11 Å². The molecule has 0 radical (unpaired) electrons. The van der Waals surface area contributed by atoms with E-state index in [1.54, 1.807) is 0 Å². The first kappa shape index (κ1) is 18.0. The van der Waals surface area contributed by atoms with Crippen LogP contribution in [0.2, 0.25) is 0 Å². The molecule has 1 fully saturated rings. The smallest absolute Gasteiger partial charge is 0.0858 e. The predicted octanol–water partition coefficient (Wildman–Crippen LogP) is 5.20. The van der Waals surface area contributed by atoms with Crippen molar-refractivity contribution in [3.63, 3.8) is 0 Å². The maximum Gasteiger partial charge on any atom is 0.0858 e. The van der Waals surface area contributed by atoms with Crippen LogP contribution in [0.1, 0.15) is 35.6 Å². The average molecular weight is 357 g/mol. The molecule has 0 saturated heterocycles. The van der Waals surface area contributed by atoms with Crippen LogP contribution in [0.4, 0.5) is 0 Å². The number of aliphatic hydroxyl groups is 1. The molecule has 1 aliphatic rings. The summed E-state index contributed by atoms with van der Waals surface area (Å²) in [4.78, 5) is 2.49. The van der Waals surface area contributed by atoms with E-state index in [1.807, 2.05) is 30.3 Å². The van der Waals surface area contributed by atoms with Crippen molar-refractivity contribution in [3.05, 3.63) is 108 Å². The molecule has 2 nitrogen and oxygen atoms in total. The highest BCUT2D eigenvalue weighted by molar-refractivity contribution is 5.23. The molecule has 4 rings (SSSR count). The molecule has 27 heavy (non-hydrogen) atoms. The van der Waals surface area contributed by atoms with Gasteiger partial charge in [0, 0.05) is 25.0 Å². The maximum absolute atomic E-state index is 11.1. The Morgan fingerprint density at radius 2 is 1.15 bits per heavy atom. The molecule has 0 aliphatic heterocycles. The summed E-state index contributed by atoms with van der Waals surface area (Å²) in [5, 5.41) is 11.1. The van der Waals surface area contributed by atoms with E-state index in [-0.39, 0.29) is 5.41 Å². The van der Waals surface area contributed by atoms with Crippen molar-refractivity contribution >= 4 is 0 Å². The number of nitrogens with zero attached hydrogens (tertiary/aromatic N) is 1. The van der Waals surface area contributed by atoms with Crippen molar-refractivity contribution in [2.75, 3.05) is 6.54 Å². The molecule has 0 heterocycles. The van der Waals surface area contributed by atoms with E-state index in [2.05, 4.69) is 65.6 Å². The van der Waals surface area contributed by atoms with E-state index in [0.717, 1.165) is 38.0 Å². The number of hydrogen-bond acceptors (Lipinski definition) is 2. The second-order valence-corrected chi connectivity index (χ2v) is 7.79. The summed E-state index contributed by atoms with van der Waals surface area (Å²) in [5.41, 5.74) is 3.65. The summed E-state index contributed by atoms with van der Waals surface area (Å²) in [6, 6.07) is 31.4. The zero-order valence-electron chi connectivity index (χ0n) is 15.7. The van der Waals surface area contributed by atoms with Crippen LogP contribution < -0.4 is 0 Å². The van der Waals surface area contributed by atoms with Gasteiger partial charge in [-0.2, -0.15) is 0 Å². The molecule has 3 aromatic carbocycles. The summed E-state index contributed by atoms with van der Waals surface area (Å²) < 4.78 is 0. The molecule has 0 amide bonds. The minimum atomic E-state index is -0.396. The average Bonchev–Trinajstić information content (AvgIpc) is 3.50. The minimum Gasteiger partial charge on any atom is -0.388 e. The molecule has 1 aliphatic carbocycles. The Hall–Kier alpha value is -2.42. The van der Waals surface area contributed by atoms with Crippen molar-refractivity contribution < 1.29 is 5.11 Å². The summed E-state index contributed by atoms with van der Waals surface area (Å²) in [7, 11) is 0. The first-order valence-corrected chi connectivity index (χ1v) is 9.78. The Bertz CT molecular complexity index is 786. The molecule has 1 saturated carbocycles. The Morgan fingerprint density at radius 3 is 1.59 bits per heavy atom. The summed E-state index contributed by atoms with van der Waals surface area (Å²) in [5.74, 6) is 0. The lowest BCUT2D eigenvalue weighted by atomic mass is 9.92. The summed E-state index contributed by atoms with van der Waals surface area (Å²) in [6.45, 7) is 2.71. The first-order valence-electron chi connectivity index (χ1n) is 9.78. The molecule has 0 bridgehead atoms. The lowest BCUT2D eigenvalue weighted by Gasteiger charge is -2.31. The number of benzene rings is 3. The third-order valence-electron chi connectivity index (χ3n) is 5.62. The fourth-order valence-electron chi connectivity index (χ4n) is 3.96. The lowest BCUT2D eigenvalue weighted by Crippen LogP contribution is -2.33. The molecule has 3 aromatic rings. The van der Waals surface area contributed by atoms with Crippen LogP contribution in [-0.4, -0.2) is 16.6 Å². The largest absolute Gasteiger partial charge is 0.388 e. The van der Waals surface area contributed by atoms with Crippen LogP contribution in [0, 0.1) is 5.41 Å². The Balaban J connectivity index is 1.53. The van der Waals surface area contributed by atoms with Gasteiger partial charge in [0.2, 0.25) is 0 Å². The lowest BCUT2D eigenvalue weighted by molar-refractivity contribution is 0.0579. The van der Waals surface area contributed by atoms with Crippen LogP contribution in [0.3, 0.4) is 0 Å². The Labute approximate surface area is 162 Å². The third kappa shape index (κ3) is 4.47. The van der Waals surface area contributed by atoms with Gasteiger partial charge in [0.05, 0.1) is 6.10 Å². The van der Waals surface area contributed by atoms with E-state index >= 15 is 0 Å². The van der Waals surface area contributed by atoms with Gasteiger partial charge in [0.25, 0.3) is 0 Å². The predicted molar refractivity (Wildman–Crippen MR) is 110 cm³/mol. The standard InChI is InChI=1S/C25H27NO/c27-24(23-14-8-3-9-15-23)25(16-17-25)20-26(18-21-10-4-1-5-11-21)19-22-12-6-2-7-13-22/h1-15,24,27H,16-20H2.